The molecule has 0 radical (unpaired) electrons. The third-order valence-corrected chi connectivity index (χ3v) is 4.20. The summed E-state index contributed by atoms with van der Waals surface area (Å²) in [6.07, 6.45) is 2.11. The normalized spacial score (nSPS) is 10.1. The van der Waals surface area contributed by atoms with Crippen molar-refractivity contribution >= 4 is 11.6 Å². The van der Waals surface area contributed by atoms with Crippen LogP contribution in [0.25, 0.3) is 0 Å². The first-order valence-corrected chi connectivity index (χ1v) is 8.05. The maximum atomic E-state index is 12.7. The zero-order valence-electron chi connectivity index (χ0n) is 14.6. The zero-order chi connectivity index (χ0) is 17.0. The average molecular weight is 327 g/mol. The van der Waals surface area contributed by atoms with Gasteiger partial charge in [-0.2, -0.15) is 0 Å². The van der Waals surface area contributed by atoms with E-state index in [4.69, 9.17) is 0 Å². The first-order chi connectivity index (χ1) is 11.0. The van der Waals surface area contributed by atoms with E-state index in [1.165, 1.54) is 6.07 Å². The predicted molar refractivity (Wildman–Crippen MR) is 96.4 cm³/mol. The Labute approximate surface area is 143 Å². The summed E-state index contributed by atoms with van der Waals surface area (Å²) in [5.41, 5.74) is 3.19. The van der Waals surface area contributed by atoms with Crippen LogP contribution in [0.3, 0.4) is 0 Å². The van der Waals surface area contributed by atoms with Gasteiger partial charge < -0.3 is 11.3 Å². The molecule has 0 spiro atoms. The van der Waals surface area contributed by atoms with Gasteiger partial charge in [-0.1, -0.05) is 51.1 Å². The van der Waals surface area contributed by atoms with E-state index in [0.717, 1.165) is 17.5 Å². The van der Waals surface area contributed by atoms with Gasteiger partial charge in [-0.25, -0.2) is 0 Å². The quantitative estimate of drug-likeness (QED) is 0.611. The van der Waals surface area contributed by atoms with Crippen LogP contribution in [0.1, 0.15) is 58.2 Å². The molecule has 2 aromatic carbocycles. The van der Waals surface area contributed by atoms with Crippen molar-refractivity contribution in [3.05, 3.63) is 64.2 Å². The Balaban J connectivity index is 0.00000288. The molecule has 0 saturated heterocycles. The lowest BCUT2D eigenvalue weighted by atomic mass is 9.91. The number of carbonyl (C=O) groups excluding carboxylic acids is 2. The summed E-state index contributed by atoms with van der Waals surface area (Å²) in [6, 6.07) is 10.4. The molecular weight excluding hydrogens is 302 g/mol. The molecule has 2 aromatic rings. The fourth-order valence-corrected chi connectivity index (χ4v) is 2.90. The Morgan fingerprint density at radius 2 is 1.29 bits per heavy atom. The van der Waals surface area contributed by atoms with E-state index in [1.807, 2.05) is 26.8 Å². The van der Waals surface area contributed by atoms with E-state index >= 15 is 0 Å². The number of para-hydroxylation sites is 1. The fourth-order valence-electron chi connectivity index (χ4n) is 2.90. The highest BCUT2D eigenvalue weighted by Gasteiger charge is 2.24. The fraction of sp³-hybridized carbons (Fsp3) is 0.300. The Hall–Kier alpha value is -2.46. The van der Waals surface area contributed by atoms with E-state index in [0.29, 0.717) is 24.0 Å². The minimum atomic E-state index is -0.652. The molecule has 0 fully saturated rings. The molecule has 0 aromatic heterocycles. The van der Waals surface area contributed by atoms with Crippen LogP contribution >= 0.6 is 0 Å². The Morgan fingerprint density at radius 1 is 0.792 bits per heavy atom. The van der Waals surface area contributed by atoms with Gasteiger partial charge in [-0.3, -0.25) is 9.59 Å². The number of phenolic OH excluding ortho intramolecular Hbond substituents is 1. The molecule has 0 atom stereocenters. The van der Waals surface area contributed by atoms with Crippen molar-refractivity contribution in [1.82, 2.24) is 6.15 Å². The van der Waals surface area contributed by atoms with Gasteiger partial charge in [0.05, 0.1) is 5.56 Å². The topological polar surface area (TPSA) is 89.4 Å². The number of phenols is 1. The molecule has 0 heterocycles. The number of carbonyl (C=O) groups is 2. The molecular formula is C20H25NO3. The molecule has 4 nitrogen and oxygen atoms in total. The van der Waals surface area contributed by atoms with Crippen LogP contribution in [-0.4, -0.2) is 16.7 Å². The van der Waals surface area contributed by atoms with E-state index in [1.54, 1.807) is 24.3 Å². The molecule has 0 aliphatic rings. The van der Waals surface area contributed by atoms with Crippen molar-refractivity contribution in [2.24, 2.45) is 0 Å². The molecule has 4 heteroatoms. The number of aromatic hydroxyl groups is 1. The third-order valence-electron chi connectivity index (χ3n) is 4.20. The maximum absolute atomic E-state index is 12.7. The van der Waals surface area contributed by atoms with E-state index in [9.17, 15) is 14.7 Å². The van der Waals surface area contributed by atoms with Crippen molar-refractivity contribution < 1.29 is 14.7 Å². The van der Waals surface area contributed by atoms with Crippen molar-refractivity contribution in [3.63, 3.8) is 0 Å². The monoisotopic (exact) mass is 327 g/mol. The maximum Gasteiger partial charge on any atom is 0.237 e. The summed E-state index contributed by atoms with van der Waals surface area (Å²) in [7, 11) is 0. The van der Waals surface area contributed by atoms with Crippen LogP contribution < -0.4 is 6.15 Å². The Kier molecular flexibility index (Phi) is 6.86. The summed E-state index contributed by atoms with van der Waals surface area (Å²) in [6.45, 7) is 5.90. The smallest absolute Gasteiger partial charge is 0.237 e. The molecule has 2 rings (SSSR count). The summed E-state index contributed by atoms with van der Waals surface area (Å²) in [5.74, 6) is -1.29. The van der Waals surface area contributed by atoms with Crippen molar-refractivity contribution in [3.8, 4) is 5.75 Å². The first kappa shape index (κ1) is 19.6. The van der Waals surface area contributed by atoms with Crippen molar-refractivity contribution in [2.45, 2.75) is 40.0 Å². The molecule has 128 valence electrons. The minimum absolute atomic E-state index is 0. The largest absolute Gasteiger partial charge is 0.507 e. The van der Waals surface area contributed by atoms with Crippen LogP contribution in [0.5, 0.6) is 5.75 Å². The number of rotatable bonds is 6. The van der Waals surface area contributed by atoms with E-state index < -0.39 is 11.6 Å². The molecule has 0 aliphatic heterocycles. The zero-order valence-corrected chi connectivity index (χ0v) is 14.6. The minimum Gasteiger partial charge on any atom is -0.507 e. The molecule has 0 unspecified atom stereocenters. The highest BCUT2D eigenvalue weighted by Crippen LogP contribution is 2.25. The highest BCUT2D eigenvalue weighted by atomic mass is 16.3. The molecule has 0 bridgehead atoms. The molecule has 0 aliphatic carbocycles. The van der Waals surface area contributed by atoms with E-state index in [-0.39, 0.29) is 17.5 Å². The van der Waals surface area contributed by atoms with Crippen LogP contribution in [0.4, 0.5) is 0 Å². The summed E-state index contributed by atoms with van der Waals surface area (Å²) in [4.78, 5) is 25.3. The van der Waals surface area contributed by atoms with Crippen molar-refractivity contribution in [2.75, 3.05) is 0 Å². The van der Waals surface area contributed by atoms with Gasteiger partial charge in [0.15, 0.2) is 0 Å². The molecule has 0 saturated carbocycles. The first-order valence-electron chi connectivity index (χ1n) is 8.05. The van der Waals surface area contributed by atoms with Crippen LogP contribution in [0, 0.1) is 0 Å². The molecule has 0 amide bonds. The number of hydrogen-bond donors (Lipinski definition) is 2. The number of ketones is 2. The lowest BCUT2D eigenvalue weighted by Gasteiger charge is -2.12. The van der Waals surface area contributed by atoms with Gasteiger partial charge in [0.2, 0.25) is 11.6 Å². The van der Waals surface area contributed by atoms with E-state index in [2.05, 4.69) is 0 Å². The van der Waals surface area contributed by atoms with Crippen LogP contribution in [0.15, 0.2) is 36.4 Å². The highest BCUT2D eigenvalue weighted by molar-refractivity contribution is 6.50. The summed E-state index contributed by atoms with van der Waals surface area (Å²) >= 11 is 0. The second kappa shape index (κ2) is 8.41. The Morgan fingerprint density at radius 3 is 1.83 bits per heavy atom. The second-order valence-electron chi connectivity index (χ2n) is 5.48. The molecule has 24 heavy (non-hydrogen) atoms. The number of aryl methyl sites for hydroxylation is 2. The summed E-state index contributed by atoms with van der Waals surface area (Å²) < 4.78 is 0. The van der Waals surface area contributed by atoms with Gasteiger partial charge in [-0.05, 0) is 42.0 Å². The molecule has 4 N–H and O–H groups in total. The second-order valence-corrected chi connectivity index (χ2v) is 5.48. The van der Waals surface area contributed by atoms with Crippen molar-refractivity contribution in [1.29, 1.82) is 0 Å². The SMILES string of the molecule is CCc1cccc(C(=O)C(=O)c2cccc(CC)c2CC)c1O.N. The van der Waals surface area contributed by atoms with Gasteiger partial charge in [0, 0.05) is 5.56 Å². The number of Topliss-reactive ketones (excluding diaryl/α,β-unsaturated/α-hetero) is 2. The Bertz CT molecular complexity index is 751. The number of benzene rings is 2. The van der Waals surface area contributed by atoms with Gasteiger partial charge in [0.25, 0.3) is 0 Å². The lowest BCUT2D eigenvalue weighted by molar-refractivity contribution is 0.0814. The average Bonchev–Trinajstić information content (AvgIpc) is 2.59. The van der Waals surface area contributed by atoms with Gasteiger partial charge in [0.1, 0.15) is 5.75 Å². The predicted octanol–water partition coefficient (Wildman–Crippen LogP) is 4.31. The third kappa shape index (κ3) is 3.54. The van der Waals surface area contributed by atoms with Crippen LogP contribution in [-0.2, 0) is 19.3 Å². The standard InChI is InChI=1S/C20H22O3.H3N/c1-4-13-9-7-11-16(15(13)6-3)19(22)20(23)17-12-8-10-14(5-2)18(17)21;/h7-12,21H,4-6H2,1-3H3;1H3. The lowest BCUT2D eigenvalue weighted by Crippen LogP contribution is -2.17. The van der Waals surface area contributed by atoms with Gasteiger partial charge >= 0.3 is 0 Å². The summed E-state index contributed by atoms with van der Waals surface area (Å²) in [5, 5.41) is 10.2. The van der Waals surface area contributed by atoms with Crippen LogP contribution in [0.2, 0.25) is 0 Å². The van der Waals surface area contributed by atoms with Gasteiger partial charge in [-0.15, -0.1) is 0 Å². The number of hydrogen-bond acceptors (Lipinski definition) is 4.